The summed E-state index contributed by atoms with van der Waals surface area (Å²) in [6.45, 7) is 0. The first-order valence-corrected chi connectivity index (χ1v) is 4.23. The minimum absolute atomic E-state index is 0.163. The molecule has 1 aromatic heterocycles. The Morgan fingerprint density at radius 1 is 1.44 bits per heavy atom. The van der Waals surface area contributed by atoms with Crippen molar-refractivity contribution in [2.24, 2.45) is 0 Å². The first-order valence-electron chi connectivity index (χ1n) is 4.23. The maximum atomic E-state index is 12.0. The molecule has 0 aromatic carbocycles. The van der Waals surface area contributed by atoms with Crippen LogP contribution in [0.4, 0.5) is 18.9 Å². The number of pyridine rings is 1. The van der Waals surface area contributed by atoms with E-state index in [-0.39, 0.29) is 11.8 Å². The summed E-state index contributed by atoms with van der Waals surface area (Å²) in [7, 11) is 1.04. The standard InChI is InChI=1S/C8H5F3N2O5/c1-17-6-4(3-14)2-5(13(15)16)7(12-6)18-8(9,10)11/h2-3H,1H3. The van der Waals surface area contributed by atoms with Gasteiger partial charge in [-0.15, -0.1) is 13.2 Å². The van der Waals surface area contributed by atoms with Gasteiger partial charge in [0.05, 0.1) is 17.6 Å². The molecule has 1 aromatic rings. The van der Waals surface area contributed by atoms with Crippen LogP contribution in [0.2, 0.25) is 0 Å². The van der Waals surface area contributed by atoms with E-state index in [9.17, 15) is 28.1 Å². The van der Waals surface area contributed by atoms with E-state index in [0.29, 0.717) is 6.07 Å². The Morgan fingerprint density at radius 2 is 2.06 bits per heavy atom. The zero-order valence-electron chi connectivity index (χ0n) is 8.72. The minimum atomic E-state index is -5.15. The van der Waals surface area contributed by atoms with E-state index >= 15 is 0 Å². The van der Waals surface area contributed by atoms with Crippen LogP contribution in [-0.2, 0) is 0 Å². The molecule has 0 unspecified atom stereocenters. The lowest BCUT2D eigenvalue weighted by atomic mass is 10.2. The molecule has 0 aliphatic rings. The molecule has 10 heteroatoms. The Labute approximate surface area is 97.3 Å². The fourth-order valence-electron chi connectivity index (χ4n) is 1.05. The monoisotopic (exact) mass is 266 g/mol. The number of nitrogens with zero attached hydrogens (tertiary/aromatic N) is 2. The number of carbonyl (C=O) groups is 1. The van der Waals surface area contributed by atoms with Crippen molar-refractivity contribution in [3.8, 4) is 11.8 Å². The van der Waals surface area contributed by atoms with Crippen LogP contribution < -0.4 is 9.47 Å². The van der Waals surface area contributed by atoms with Crippen molar-refractivity contribution >= 4 is 12.0 Å². The number of halogens is 3. The largest absolute Gasteiger partial charge is 0.574 e. The molecule has 0 amide bonds. The second-order valence-electron chi connectivity index (χ2n) is 2.83. The van der Waals surface area contributed by atoms with E-state index in [2.05, 4.69) is 14.5 Å². The van der Waals surface area contributed by atoms with Crippen molar-refractivity contribution in [2.45, 2.75) is 6.36 Å². The van der Waals surface area contributed by atoms with Crippen molar-refractivity contribution in [3.63, 3.8) is 0 Å². The lowest BCUT2D eigenvalue weighted by Crippen LogP contribution is -2.19. The highest BCUT2D eigenvalue weighted by Gasteiger charge is 2.36. The van der Waals surface area contributed by atoms with Gasteiger partial charge in [0.25, 0.3) is 0 Å². The predicted molar refractivity (Wildman–Crippen MR) is 49.5 cm³/mol. The third kappa shape index (κ3) is 3.06. The molecule has 0 N–H and O–H groups in total. The lowest BCUT2D eigenvalue weighted by Gasteiger charge is -2.10. The molecule has 0 saturated carbocycles. The average Bonchev–Trinajstić information content (AvgIpc) is 2.25. The van der Waals surface area contributed by atoms with Crippen LogP contribution >= 0.6 is 0 Å². The topological polar surface area (TPSA) is 91.6 Å². The molecular weight excluding hydrogens is 261 g/mol. The second-order valence-corrected chi connectivity index (χ2v) is 2.83. The molecule has 0 radical (unpaired) electrons. The summed E-state index contributed by atoms with van der Waals surface area (Å²) >= 11 is 0. The van der Waals surface area contributed by atoms with Crippen molar-refractivity contribution < 1.29 is 32.4 Å². The smallest absolute Gasteiger partial charge is 0.480 e. The minimum Gasteiger partial charge on any atom is -0.480 e. The maximum absolute atomic E-state index is 12.0. The van der Waals surface area contributed by atoms with Crippen LogP contribution in [0.3, 0.4) is 0 Å². The molecule has 0 aliphatic carbocycles. The molecule has 7 nitrogen and oxygen atoms in total. The highest BCUT2D eigenvalue weighted by Crippen LogP contribution is 2.33. The fourth-order valence-corrected chi connectivity index (χ4v) is 1.05. The summed E-state index contributed by atoms with van der Waals surface area (Å²) in [6.07, 6.45) is -4.98. The molecular formula is C8H5F3N2O5. The molecule has 0 spiro atoms. The molecule has 0 atom stereocenters. The third-order valence-corrected chi connectivity index (χ3v) is 1.69. The molecule has 0 bridgehead atoms. The van der Waals surface area contributed by atoms with Crippen LogP contribution in [-0.4, -0.2) is 29.7 Å². The van der Waals surface area contributed by atoms with Gasteiger partial charge in [0.2, 0.25) is 5.88 Å². The zero-order valence-corrected chi connectivity index (χ0v) is 8.72. The first kappa shape index (κ1) is 13.7. The molecule has 18 heavy (non-hydrogen) atoms. The molecule has 0 fully saturated rings. The highest BCUT2D eigenvalue weighted by molar-refractivity contribution is 5.80. The van der Waals surface area contributed by atoms with Crippen LogP contribution in [0.15, 0.2) is 6.07 Å². The number of aromatic nitrogens is 1. The summed E-state index contributed by atoms with van der Waals surface area (Å²) in [6, 6.07) is 0.583. The van der Waals surface area contributed by atoms with Crippen LogP contribution in [0.25, 0.3) is 0 Å². The number of nitro groups is 1. The summed E-state index contributed by atoms with van der Waals surface area (Å²) in [5.41, 5.74) is -1.45. The average molecular weight is 266 g/mol. The second kappa shape index (κ2) is 4.85. The first-order chi connectivity index (χ1) is 8.28. The van der Waals surface area contributed by atoms with E-state index in [0.717, 1.165) is 7.11 Å². The normalized spacial score (nSPS) is 10.9. The van der Waals surface area contributed by atoms with E-state index < -0.39 is 28.7 Å². The van der Waals surface area contributed by atoms with Gasteiger partial charge in [0.1, 0.15) is 0 Å². The molecule has 1 rings (SSSR count). The van der Waals surface area contributed by atoms with Gasteiger partial charge < -0.3 is 9.47 Å². The van der Waals surface area contributed by atoms with Crippen LogP contribution in [0.5, 0.6) is 11.8 Å². The van der Waals surface area contributed by atoms with Gasteiger partial charge in [-0.05, 0) is 0 Å². The summed E-state index contributed by atoms with van der Waals surface area (Å²) < 4.78 is 43.9. The van der Waals surface area contributed by atoms with Gasteiger partial charge in [-0.1, -0.05) is 0 Å². The van der Waals surface area contributed by atoms with Crippen molar-refractivity contribution in [1.29, 1.82) is 0 Å². The summed E-state index contributed by atoms with van der Waals surface area (Å²) in [4.78, 5) is 23.1. The Balaban J connectivity index is 3.38. The number of rotatable bonds is 4. The summed E-state index contributed by atoms with van der Waals surface area (Å²) in [5.74, 6) is -1.80. The Morgan fingerprint density at radius 3 is 2.44 bits per heavy atom. The molecule has 1 heterocycles. The van der Waals surface area contributed by atoms with Crippen LogP contribution in [0, 0.1) is 10.1 Å². The number of carbonyl (C=O) groups excluding carboxylic acids is 1. The fraction of sp³-hybridized carbons (Fsp3) is 0.250. The van der Waals surface area contributed by atoms with E-state index in [1.165, 1.54) is 0 Å². The Hall–Kier alpha value is -2.39. The predicted octanol–water partition coefficient (Wildman–Crippen LogP) is 1.71. The van der Waals surface area contributed by atoms with Crippen molar-refractivity contribution in [2.75, 3.05) is 7.11 Å². The van der Waals surface area contributed by atoms with Gasteiger partial charge in [-0.25, -0.2) is 0 Å². The van der Waals surface area contributed by atoms with E-state index in [1.807, 2.05) is 0 Å². The quantitative estimate of drug-likeness (QED) is 0.468. The van der Waals surface area contributed by atoms with Crippen molar-refractivity contribution in [3.05, 3.63) is 21.7 Å². The molecule has 0 aliphatic heterocycles. The number of methoxy groups -OCH3 is 1. The Kier molecular flexibility index (Phi) is 3.69. The SMILES string of the molecule is COc1nc(OC(F)(F)F)c([N+](=O)[O-])cc1C=O. The highest BCUT2D eigenvalue weighted by atomic mass is 19.4. The van der Waals surface area contributed by atoms with E-state index in [4.69, 9.17) is 0 Å². The Bertz CT molecular complexity index is 488. The van der Waals surface area contributed by atoms with Gasteiger partial charge in [-0.2, -0.15) is 4.98 Å². The number of alkyl halides is 3. The van der Waals surface area contributed by atoms with Gasteiger partial charge in [0, 0.05) is 6.07 Å². The van der Waals surface area contributed by atoms with Crippen molar-refractivity contribution in [1.82, 2.24) is 4.98 Å². The number of aldehydes is 1. The molecule has 98 valence electrons. The number of ether oxygens (including phenoxy) is 2. The van der Waals surface area contributed by atoms with Gasteiger partial charge in [0.15, 0.2) is 6.29 Å². The number of hydrogen-bond acceptors (Lipinski definition) is 6. The zero-order chi connectivity index (χ0) is 13.9. The van der Waals surface area contributed by atoms with Gasteiger partial charge >= 0.3 is 17.9 Å². The third-order valence-electron chi connectivity index (χ3n) is 1.69. The molecule has 0 saturated heterocycles. The van der Waals surface area contributed by atoms with E-state index in [1.54, 1.807) is 0 Å². The lowest BCUT2D eigenvalue weighted by molar-refractivity contribution is -0.389. The van der Waals surface area contributed by atoms with Gasteiger partial charge in [-0.3, -0.25) is 14.9 Å². The summed E-state index contributed by atoms with van der Waals surface area (Å²) in [5, 5.41) is 10.5. The maximum Gasteiger partial charge on any atom is 0.574 e. The number of hydrogen-bond donors (Lipinski definition) is 0. The van der Waals surface area contributed by atoms with Crippen LogP contribution in [0.1, 0.15) is 10.4 Å².